The van der Waals surface area contributed by atoms with Gasteiger partial charge in [-0.25, -0.2) is 0 Å². The normalized spacial score (nSPS) is 13.4. The van der Waals surface area contributed by atoms with E-state index >= 15 is 0 Å². The Bertz CT molecular complexity index is 654. The van der Waals surface area contributed by atoms with Gasteiger partial charge < -0.3 is 0 Å². The highest BCUT2D eigenvalue weighted by molar-refractivity contribution is 9.10. The fourth-order valence-corrected chi connectivity index (χ4v) is 2.15. The average molecular weight is 376 g/mol. The van der Waals surface area contributed by atoms with Crippen molar-refractivity contribution in [1.29, 1.82) is 5.26 Å². The Hall–Kier alpha value is -1.68. The molecule has 0 saturated carbocycles. The van der Waals surface area contributed by atoms with Gasteiger partial charge in [0.15, 0.2) is 17.5 Å². The summed E-state index contributed by atoms with van der Waals surface area (Å²) in [5, 5.41) is 9.06. The molecule has 0 amide bonds. The molecule has 1 aromatic rings. The number of nitriles is 1. The number of ketones is 2. The summed E-state index contributed by atoms with van der Waals surface area (Å²) in [4.78, 5) is 24.4. The van der Waals surface area contributed by atoms with E-state index < -0.39 is 40.2 Å². The summed E-state index contributed by atoms with van der Waals surface area (Å²) in [6, 6.07) is 4.51. The number of rotatable bonds is 3. The van der Waals surface area contributed by atoms with E-state index in [9.17, 15) is 22.8 Å². The number of hydrogen-bond acceptors (Lipinski definition) is 3. The van der Waals surface area contributed by atoms with E-state index in [1.54, 1.807) is 0 Å². The number of hydrogen-bond donors (Lipinski definition) is 0. The molecule has 0 aliphatic heterocycles. The molecule has 1 aromatic carbocycles. The minimum atomic E-state index is -4.76. The van der Waals surface area contributed by atoms with Gasteiger partial charge in [0, 0.05) is 15.5 Å². The van der Waals surface area contributed by atoms with Crippen LogP contribution in [0.5, 0.6) is 0 Å². The summed E-state index contributed by atoms with van der Waals surface area (Å²) in [5.74, 6) is -3.61. The third-order valence-corrected chi connectivity index (χ3v) is 3.44. The van der Waals surface area contributed by atoms with E-state index in [4.69, 9.17) is 5.26 Å². The van der Waals surface area contributed by atoms with Crippen LogP contribution in [0.2, 0.25) is 0 Å². The van der Waals surface area contributed by atoms with E-state index in [0.29, 0.717) is 0 Å². The standard InChI is InChI=1S/C15H13BrF3NO2/c1-14(2,3)13(22)10(7-20)12(21)9-5-4-8(16)6-11(9)15(17,18)19/h4-6,10H,1-3H3. The molecule has 0 aliphatic rings. The van der Waals surface area contributed by atoms with Gasteiger partial charge in [-0.15, -0.1) is 0 Å². The Kier molecular flexibility index (Phi) is 5.18. The number of Topliss-reactive ketones (excluding diaryl/α,β-unsaturated/α-hetero) is 2. The second-order valence-electron chi connectivity index (χ2n) is 5.73. The SMILES string of the molecule is CC(C)(C)C(=O)C(C#N)C(=O)c1ccc(Br)cc1C(F)(F)F. The molecule has 0 aromatic heterocycles. The van der Waals surface area contributed by atoms with Crippen molar-refractivity contribution < 1.29 is 22.8 Å². The first-order chi connectivity index (χ1) is 9.89. The monoisotopic (exact) mass is 375 g/mol. The highest BCUT2D eigenvalue weighted by Crippen LogP contribution is 2.35. The summed E-state index contributed by atoms with van der Waals surface area (Å²) in [5.41, 5.74) is -2.86. The maximum atomic E-state index is 13.1. The van der Waals surface area contributed by atoms with Crippen molar-refractivity contribution in [2.24, 2.45) is 11.3 Å². The van der Waals surface area contributed by atoms with Gasteiger partial charge in [-0.1, -0.05) is 36.7 Å². The van der Waals surface area contributed by atoms with Crippen molar-refractivity contribution in [2.45, 2.75) is 26.9 Å². The van der Waals surface area contributed by atoms with Gasteiger partial charge in [0.1, 0.15) is 0 Å². The van der Waals surface area contributed by atoms with Crippen molar-refractivity contribution >= 4 is 27.5 Å². The number of nitrogens with zero attached hydrogens (tertiary/aromatic N) is 1. The third-order valence-electron chi connectivity index (χ3n) is 2.95. The predicted molar refractivity (Wildman–Crippen MR) is 77.0 cm³/mol. The van der Waals surface area contributed by atoms with E-state index in [0.717, 1.165) is 12.1 Å². The molecular weight excluding hydrogens is 363 g/mol. The van der Waals surface area contributed by atoms with Gasteiger partial charge in [-0.05, 0) is 18.2 Å². The maximum absolute atomic E-state index is 13.1. The van der Waals surface area contributed by atoms with Crippen LogP contribution in [0.3, 0.4) is 0 Å². The molecule has 0 aliphatic carbocycles. The zero-order valence-corrected chi connectivity index (χ0v) is 13.7. The summed E-state index contributed by atoms with van der Waals surface area (Å²) in [6.45, 7) is 4.50. The Morgan fingerprint density at radius 1 is 1.23 bits per heavy atom. The lowest BCUT2D eigenvalue weighted by molar-refractivity contribution is -0.138. The summed E-state index contributed by atoms with van der Waals surface area (Å²) in [7, 11) is 0. The van der Waals surface area contributed by atoms with Gasteiger partial charge in [0.25, 0.3) is 0 Å². The number of carbonyl (C=O) groups is 2. The van der Waals surface area contributed by atoms with Crippen LogP contribution in [0, 0.1) is 22.7 Å². The quantitative estimate of drug-likeness (QED) is 0.580. The molecular formula is C15H13BrF3NO2. The van der Waals surface area contributed by atoms with Crippen LogP contribution in [0.25, 0.3) is 0 Å². The molecule has 0 fully saturated rings. The van der Waals surface area contributed by atoms with Crippen LogP contribution >= 0.6 is 15.9 Å². The highest BCUT2D eigenvalue weighted by Gasteiger charge is 2.40. The lowest BCUT2D eigenvalue weighted by Gasteiger charge is -2.20. The molecule has 3 nitrogen and oxygen atoms in total. The molecule has 1 atom stereocenters. The molecule has 0 heterocycles. The minimum Gasteiger partial charge on any atom is -0.297 e. The second-order valence-corrected chi connectivity index (χ2v) is 6.64. The molecule has 118 valence electrons. The predicted octanol–water partition coefficient (Wildman–Crippen LogP) is 4.41. The molecule has 22 heavy (non-hydrogen) atoms. The van der Waals surface area contributed by atoms with Crippen LogP contribution in [0.4, 0.5) is 13.2 Å². The molecule has 0 radical (unpaired) electrons. The zero-order chi connectivity index (χ0) is 17.3. The van der Waals surface area contributed by atoms with E-state index in [1.165, 1.54) is 32.9 Å². The first kappa shape index (κ1) is 18.4. The molecule has 7 heteroatoms. The van der Waals surface area contributed by atoms with Gasteiger partial charge in [0.2, 0.25) is 0 Å². The molecule has 0 N–H and O–H groups in total. The van der Waals surface area contributed by atoms with Crippen molar-refractivity contribution in [3.63, 3.8) is 0 Å². The smallest absolute Gasteiger partial charge is 0.297 e. The first-order valence-corrected chi connectivity index (χ1v) is 7.03. The van der Waals surface area contributed by atoms with E-state index in [2.05, 4.69) is 15.9 Å². The lowest BCUT2D eigenvalue weighted by atomic mass is 9.80. The number of alkyl halides is 3. The molecule has 1 unspecified atom stereocenters. The molecule has 1 rings (SSSR count). The van der Waals surface area contributed by atoms with Gasteiger partial charge in [0.05, 0.1) is 11.6 Å². The van der Waals surface area contributed by atoms with Crippen molar-refractivity contribution in [2.75, 3.05) is 0 Å². The Balaban J connectivity index is 3.40. The number of halogens is 4. The average Bonchev–Trinajstić information content (AvgIpc) is 2.37. The van der Waals surface area contributed by atoms with Gasteiger partial charge in [-0.2, -0.15) is 18.4 Å². The van der Waals surface area contributed by atoms with Crippen molar-refractivity contribution in [1.82, 2.24) is 0 Å². The van der Waals surface area contributed by atoms with Crippen LogP contribution < -0.4 is 0 Å². The van der Waals surface area contributed by atoms with E-state index in [-0.39, 0.29) is 4.47 Å². The van der Waals surface area contributed by atoms with E-state index in [1.807, 2.05) is 0 Å². The lowest BCUT2D eigenvalue weighted by Crippen LogP contribution is -2.33. The van der Waals surface area contributed by atoms with Gasteiger partial charge >= 0.3 is 6.18 Å². The fourth-order valence-electron chi connectivity index (χ4n) is 1.79. The van der Waals surface area contributed by atoms with Crippen LogP contribution in [0.15, 0.2) is 22.7 Å². The van der Waals surface area contributed by atoms with Crippen LogP contribution in [-0.4, -0.2) is 11.6 Å². The summed E-state index contributed by atoms with van der Waals surface area (Å²) in [6.07, 6.45) is -4.76. The summed E-state index contributed by atoms with van der Waals surface area (Å²) >= 11 is 2.91. The molecule has 0 spiro atoms. The maximum Gasteiger partial charge on any atom is 0.417 e. The van der Waals surface area contributed by atoms with Crippen molar-refractivity contribution in [3.8, 4) is 6.07 Å². The number of carbonyl (C=O) groups excluding carboxylic acids is 2. The number of benzene rings is 1. The third kappa shape index (κ3) is 3.95. The highest BCUT2D eigenvalue weighted by atomic mass is 79.9. The Labute approximate surface area is 134 Å². The van der Waals surface area contributed by atoms with Crippen LogP contribution in [0.1, 0.15) is 36.7 Å². The Morgan fingerprint density at radius 3 is 2.18 bits per heavy atom. The topological polar surface area (TPSA) is 57.9 Å². The van der Waals surface area contributed by atoms with Gasteiger partial charge in [-0.3, -0.25) is 9.59 Å². The fraction of sp³-hybridized carbons (Fsp3) is 0.400. The Morgan fingerprint density at radius 2 is 1.77 bits per heavy atom. The summed E-state index contributed by atoms with van der Waals surface area (Å²) < 4.78 is 39.3. The first-order valence-electron chi connectivity index (χ1n) is 6.24. The molecule has 0 saturated heterocycles. The molecule has 0 bridgehead atoms. The zero-order valence-electron chi connectivity index (χ0n) is 12.1. The largest absolute Gasteiger partial charge is 0.417 e. The van der Waals surface area contributed by atoms with Crippen molar-refractivity contribution in [3.05, 3.63) is 33.8 Å². The second kappa shape index (κ2) is 6.21. The minimum absolute atomic E-state index is 0.145. The van der Waals surface area contributed by atoms with Crippen LogP contribution in [-0.2, 0) is 11.0 Å².